The lowest BCUT2D eigenvalue weighted by Gasteiger charge is -2.32. The number of hydrogen-bond acceptors (Lipinski definition) is 3. The molecule has 2 aromatic carbocycles. The van der Waals surface area contributed by atoms with Gasteiger partial charge in [-0.05, 0) is 43.2 Å². The number of halogens is 2. The van der Waals surface area contributed by atoms with Crippen LogP contribution in [0.25, 0.3) is 0 Å². The number of rotatable bonds is 6. The van der Waals surface area contributed by atoms with Crippen LogP contribution in [0.3, 0.4) is 0 Å². The largest absolute Gasteiger partial charge is 0.382 e. The van der Waals surface area contributed by atoms with Crippen molar-refractivity contribution in [1.29, 1.82) is 0 Å². The smallest absolute Gasteiger partial charge is 0.0589 e. The molecule has 2 aromatic rings. The van der Waals surface area contributed by atoms with Gasteiger partial charge in [-0.1, -0.05) is 41.4 Å². The van der Waals surface area contributed by atoms with Crippen LogP contribution >= 0.6 is 23.2 Å². The fraction of sp³-hybridized carbons (Fsp3) is 0.368. The van der Waals surface area contributed by atoms with E-state index < -0.39 is 10.8 Å². The Balaban J connectivity index is 1.45. The van der Waals surface area contributed by atoms with Crippen LogP contribution in [0, 0.1) is 0 Å². The van der Waals surface area contributed by atoms with Gasteiger partial charge in [0.25, 0.3) is 0 Å². The monoisotopic (exact) mass is 396 g/mol. The Bertz CT molecular complexity index is 719. The predicted octanol–water partition coefficient (Wildman–Crippen LogP) is 4.68. The van der Waals surface area contributed by atoms with Crippen LogP contribution in [0.15, 0.2) is 53.4 Å². The van der Waals surface area contributed by atoms with Gasteiger partial charge >= 0.3 is 0 Å². The first-order chi connectivity index (χ1) is 12.1. The number of nitrogens with zero attached hydrogens (tertiary/aromatic N) is 1. The molecule has 1 unspecified atom stereocenters. The van der Waals surface area contributed by atoms with Gasteiger partial charge in [0.2, 0.25) is 0 Å². The summed E-state index contributed by atoms with van der Waals surface area (Å²) >= 11 is 12.1. The number of para-hydroxylation sites is 1. The van der Waals surface area contributed by atoms with Gasteiger partial charge in [0.1, 0.15) is 0 Å². The molecular weight excluding hydrogens is 375 g/mol. The number of benzene rings is 2. The quantitative estimate of drug-likeness (QED) is 0.769. The van der Waals surface area contributed by atoms with Gasteiger partial charge in [-0.15, -0.1) is 0 Å². The summed E-state index contributed by atoms with van der Waals surface area (Å²) in [5.74, 6) is 0.580. The first-order valence-corrected chi connectivity index (χ1v) is 10.6. The second-order valence-electron chi connectivity index (χ2n) is 6.25. The molecule has 0 aliphatic carbocycles. The Morgan fingerprint density at radius 2 is 1.80 bits per heavy atom. The Morgan fingerprint density at radius 1 is 1.08 bits per heavy atom. The Morgan fingerprint density at radius 3 is 2.52 bits per heavy atom. The third kappa shape index (κ3) is 5.45. The van der Waals surface area contributed by atoms with Crippen LogP contribution in [-0.2, 0) is 10.8 Å². The molecule has 1 aliphatic rings. The first-order valence-electron chi connectivity index (χ1n) is 8.49. The van der Waals surface area contributed by atoms with Crippen LogP contribution in [0.2, 0.25) is 10.0 Å². The van der Waals surface area contributed by atoms with Gasteiger partial charge in [0, 0.05) is 42.1 Å². The van der Waals surface area contributed by atoms with Crippen molar-refractivity contribution in [2.45, 2.75) is 23.8 Å². The van der Waals surface area contributed by atoms with E-state index in [1.165, 1.54) is 5.69 Å². The van der Waals surface area contributed by atoms with Crippen molar-refractivity contribution in [3.05, 3.63) is 58.6 Å². The molecule has 1 heterocycles. The summed E-state index contributed by atoms with van der Waals surface area (Å²) in [4.78, 5) is 3.01. The number of nitrogens with one attached hydrogen (secondary N) is 1. The fourth-order valence-corrected chi connectivity index (χ4v) is 4.85. The summed E-state index contributed by atoms with van der Waals surface area (Å²) in [6, 6.07) is 16.0. The summed E-state index contributed by atoms with van der Waals surface area (Å²) in [5, 5.41) is 4.68. The van der Waals surface area contributed by atoms with Gasteiger partial charge in [0.15, 0.2) is 0 Å². The van der Waals surface area contributed by atoms with E-state index in [0.29, 0.717) is 26.7 Å². The Hall–Kier alpha value is -1.07. The van der Waals surface area contributed by atoms with Crippen LogP contribution in [0.1, 0.15) is 12.8 Å². The molecule has 25 heavy (non-hydrogen) atoms. The second-order valence-corrected chi connectivity index (χ2v) is 8.63. The van der Waals surface area contributed by atoms with Crippen LogP contribution in [-0.4, -0.2) is 40.5 Å². The van der Waals surface area contributed by atoms with Gasteiger partial charge in [-0.25, -0.2) is 0 Å². The molecule has 3 rings (SSSR count). The van der Waals surface area contributed by atoms with Gasteiger partial charge in [-0.3, -0.25) is 4.21 Å². The molecule has 0 aromatic heterocycles. The summed E-state index contributed by atoms with van der Waals surface area (Å²) in [6.07, 6.45) is 2.19. The molecule has 1 atom stereocenters. The summed E-state index contributed by atoms with van der Waals surface area (Å²) in [7, 11) is -1.12. The van der Waals surface area contributed by atoms with Crippen molar-refractivity contribution in [3.8, 4) is 0 Å². The standard InChI is InChI=1S/C19H22Cl2N2OS/c20-15-6-7-18(21)19(14-15)25(24)13-12-23-10-8-17(9-11-23)22-16-4-2-1-3-5-16/h1-7,14,17,22H,8-13H2. The third-order valence-corrected chi connectivity index (χ3v) is 6.52. The van der Waals surface area contributed by atoms with Crippen molar-refractivity contribution in [2.75, 3.05) is 30.7 Å². The lowest BCUT2D eigenvalue weighted by Crippen LogP contribution is -2.40. The first kappa shape index (κ1) is 18.7. The van der Waals surface area contributed by atoms with Crippen molar-refractivity contribution in [3.63, 3.8) is 0 Å². The minimum atomic E-state index is -1.12. The Kier molecular flexibility index (Phi) is 6.77. The molecule has 1 fully saturated rings. The number of piperidine rings is 1. The van der Waals surface area contributed by atoms with E-state index in [1.54, 1.807) is 18.2 Å². The predicted molar refractivity (Wildman–Crippen MR) is 107 cm³/mol. The number of likely N-dealkylation sites (tertiary alicyclic amines) is 1. The fourth-order valence-electron chi connectivity index (χ4n) is 3.04. The van der Waals surface area contributed by atoms with Crippen LogP contribution in [0.4, 0.5) is 5.69 Å². The molecule has 1 N–H and O–H groups in total. The molecule has 3 nitrogen and oxygen atoms in total. The lowest BCUT2D eigenvalue weighted by atomic mass is 10.0. The van der Waals surface area contributed by atoms with Gasteiger partial charge in [-0.2, -0.15) is 0 Å². The number of hydrogen-bond donors (Lipinski definition) is 1. The average molecular weight is 397 g/mol. The molecule has 1 saturated heterocycles. The second kappa shape index (κ2) is 9.04. The highest BCUT2D eigenvalue weighted by atomic mass is 35.5. The zero-order valence-corrected chi connectivity index (χ0v) is 16.3. The van der Waals surface area contributed by atoms with Gasteiger partial charge in [0.05, 0.1) is 20.7 Å². The summed E-state index contributed by atoms with van der Waals surface area (Å²) < 4.78 is 12.5. The number of anilines is 1. The molecule has 0 saturated carbocycles. The molecular formula is C19H22Cl2N2OS. The molecule has 0 radical (unpaired) electrons. The van der Waals surface area contributed by atoms with E-state index in [0.717, 1.165) is 32.5 Å². The van der Waals surface area contributed by atoms with E-state index >= 15 is 0 Å². The van der Waals surface area contributed by atoms with Crippen LogP contribution in [0.5, 0.6) is 0 Å². The van der Waals surface area contributed by atoms with E-state index in [1.807, 2.05) is 18.2 Å². The maximum absolute atomic E-state index is 12.5. The molecule has 6 heteroatoms. The molecule has 1 aliphatic heterocycles. The molecule has 0 amide bonds. The van der Waals surface area contributed by atoms with Gasteiger partial charge < -0.3 is 10.2 Å². The molecule has 0 bridgehead atoms. The lowest BCUT2D eigenvalue weighted by molar-refractivity contribution is 0.231. The normalized spacial score (nSPS) is 17.4. The maximum atomic E-state index is 12.5. The van der Waals surface area contributed by atoms with E-state index in [9.17, 15) is 4.21 Å². The van der Waals surface area contributed by atoms with E-state index in [-0.39, 0.29) is 0 Å². The van der Waals surface area contributed by atoms with Crippen LogP contribution < -0.4 is 5.32 Å². The zero-order valence-electron chi connectivity index (χ0n) is 14.0. The topological polar surface area (TPSA) is 32.3 Å². The third-order valence-electron chi connectivity index (χ3n) is 4.46. The highest BCUT2D eigenvalue weighted by molar-refractivity contribution is 7.85. The van der Waals surface area contributed by atoms with Crippen molar-refractivity contribution >= 4 is 39.7 Å². The Labute approximate surface area is 161 Å². The summed E-state index contributed by atoms with van der Waals surface area (Å²) in [6.45, 7) is 2.85. The van der Waals surface area contributed by atoms with E-state index in [2.05, 4.69) is 22.3 Å². The van der Waals surface area contributed by atoms with E-state index in [4.69, 9.17) is 23.2 Å². The summed E-state index contributed by atoms with van der Waals surface area (Å²) in [5.41, 5.74) is 1.18. The molecule has 0 spiro atoms. The maximum Gasteiger partial charge on any atom is 0.0589 e. The van der Waals surface area contributed by atoms with Crippen molar-refractivity contribution in [2.24, 2.45) is 0 Å². The zero-order chi connectivity index (χ0) is 17.6. The van der Waals surface area contributed by atoms with Crippen molar-refractivity contribution < 1.29 is 4.21 Å². The van der Waals surface area contributed by atoms with Crippen molar-refractivity contribution in [1.82, 2.24) is 4.90 Å². The molecule has 134 valence electrons. The SMILES string of the molecule is O=S(CCN1CCC(Nc2ccccc2)CC1)c1cc(Cl)ccc1Cl. The average Bonchev–Trinajstić information content (AvgIpc) is 2.64. The minimum absolute atomic E-state index is 0.506. The minimum Gasteiger partial charge on any atom is -0.382 e. The highest BCUT2D eigenvalue weighted by Gasteiger charge is 2.20. The highest BCUT2D eigenvalue weighted by Crippen LogP contribution is 2.24.